The van der Waals surface area contributed by atoms with E-state index in [0.717, 1.165) is 37.4 Å². The SMILES string of the molecule is CCOC(Cc1ccc(OCCN(CCCCCC(C)(F)F)C(=O)Nc2ccc3c(c2)CCC3)cc1)C(=O)O. The molecule has 0 fully saturated rings. The number of nitrogens with zero attached hydrogens (tertiary/aromatic N) is 1. The molecule has 0 saturated carbocycles. The third-order valence-corrected chi connectivity index (χ3v) is 6.80. The maximum absolute atomic E-state index is 13.1. The van der Waals surface area contributed by atoms with Gasteiger partial charge in [-0.05, 0) is 86.9 Å². The Morgan fingerprint density at radius 3 is 2.49 bits per heavy atom. The number of hydrogen-bond acceptors (Lipinski definition) is 4. The molecule has 2 amide bonds. The van der Waals surface area contributed by atoms with E-state index < -0.39 is 18.0 Å². The van der Waals surface area contributed by atoms with Gasteiger partial charge in [0.1, 0.15) is 12.4 Å². The number of fused-ring (bicyclic) bond motifs is 1. The van der Waals surface area contributed by atoms with Gasteiger partial charge in [-0.1, -0.05) is 24.6 Å². The Morgan fingerprint density at radius 2 is 1.79 bits per heavy atom. The van der Waals surface area contributed by atoms with E-state index in [1.165, 1.54) is 11.1 Å². The molecule has 1 aliphatic rings. The van der Waals surface area contributed by atoms with Crippen molar-refractivity contribution in [3.63, 3.8) is 0 Å². The Bertz CT molecular complexity index is 1070. The fraction of sp³-hybridized carbons (Fsp3) is 0.533. The van der Waals surface area contributed by atoms with Crippen LogP contribution in [0.5, 0.6) is 5.75 Å². The number of ether oxygens (including phenoxy) is 2. The van der Waals surface area contributed by atoms with Gasteiger partial charge in [-0.25, -0.2) is 18.4 Å². The summed E-state index contributed by atoms with van der Waals surface area (Å²) < 4.78 is 37.4. The zero-order valence-electron chi connectivity index (χ0n) is 22.9. The molecule has 0 spiro atoms. The van der Waals surface area contributed by atoms with Crippen LogP contribution in [0.25, 0.3) is 0 Å². The number of nitrogens with one attached hydrogen (secondary N) is 1. The summed E-state index contributed by atoms with van der Waals surface area (Å²) in [5.74, 6) is -3.07. The van der Waals surface area contributed by atoms with Gasteiger partial charge in [0.15, 0.2) is 6.10 Å². The van der Waals surface area contributed by atoms with E-state index in [2.05, 4.69) is 11.4 Å². The van der Waals surface area contributed by atoms with Gasteiger partial charge in [-0.15, -0.1) is 0 Å². The molecule has 1 unspecified atom stereocenters. The molecule has 9 heteroatoms. The Kier molecular flexibility index (Phi) is 11.5. The minimum atomic E-state index is -2.68. The van der Waals surface area contributed by atoms with Crippen molar-refractivity contribution in [3.8, 4) is 5.75 Å². The Hall–Kier alpha value is -3.20. The fourth-order valence-electron chi connectivity index (χ4n) is 4.71. The highest BCUT2D eigenvalue weighted by Crippen LogP contribution is 2.25. The van der Waals surface area contributed by atoms with Crippen molar-refractivity contribution in [2.75, 3.05) is 31.6 Å². The number of unbranched alkanes of at least 4 members (excludes halogenated alkanes) is 2. The van der Waals surface area contributed by atoms with Crippen LogP contribution in [0.3, 0.4) is 0 Å². The second-order valence-corrected chi connectivity index (χ2v) is 10.1. The number of rotatable bonds is 16. The lowest BCUT2D eigenvalue weighted by Crippen LogP contribution is -2.38. The predicted octanol–water partition coefficient (Wildman–Crippen LogP) is 6.34. The van der Waals surface area contributed by atoms with E-state index in [1.54, 1.807) is 36.1 Å². The van der Waals surface area contributed by atoms with E-state index in [9.17, 15) is 23.5 Å². The first-order valence-electron chi connectivity index (χ1n) is 13.8. The van der Waals surface area contributed by atoms with Crippen LogP contribution in [-0.4, -0.2) is 60.3 Å². The molecule has 0 heterocycles. The van der Waals surface area contributed by atoms with Crippen molar-refractivity contribution in [2.24, 2.45) is 0 Å². The summed E-state index contributed by atoms with van der Waals surface area (Å²) in [6.45, 7) is 4.01. The van der Waals surface area contributed by atoms with Crippen LogP contribution < -0.4 is 10.1 Å². The van der Waals surface area contributed by atoms with Crippen LogP contribution in [-0.2, 0) is 28.8 Å². The number of hydrogen-bond donors (Lipinski definition) is 2. The van der Waals surface area contributed by atoms with Crippen molar-refractivity contribution in [1.29, 1.82) is 0 Å². The highest BCUT2D eigenvalue weighted by Gasteiger charge is 2.21. The van der Waals surface area contributed by atoms with Crippen molar-refractivity contribution in [3.05, 3.63) is 59.2 Å². The molecule has 214 valence electrons. The number of benzene rings is 2. The summed E-state index contributed by atoms with van der Waals surface area (Å²) in [7, 11) is 0. The molecule has 2 N–H and O–H groups in total. The molecule has 2 aromatic rings. The standard InChI is InChI=1S/C30H40F2N2O5/c1-3-38-27(28(35)36)20-22-10-14-26(15-11-22)39-19-18-34(17-6-4-5-16-30(2,31)32)29(37)33-25-13-12-23-8-7-9-24(23)21-25/h10-15,21,27H,3-9,16-20H2,1-2H3,(H,33,37)(H,35,36). The minimum Gasteiger partial charge on any atom is -0.492 e. The summed E-state index contributed by atoms with van der Waals surface area (Å²) in [6.07, 6.45) is 4.02. The molecule has 0 aliphatic heterocycles. The number of aryl methyl sites for hydroxylation is 2. The largest absolute Gasteiger partial charge is 0.492 e. The molecule has 1 atom stereocenters. The van der Waals surface area contributed by atoms with E-state index in [0.29, 0.717) is 44.7 Å². The topological polar surface area (TPSA) is 88.1 Å². The van der Waals surface area contributed by atoms with Crippen LogP contribution in [0.15, 0.2) is 42.5 Å². The van der Waals surface area contributed by atoms with Gasteiger partial charge in [0.25, 0.3) is 0 Å². The Morgan fingerprint density at radius 1 is 1.05 bits per heavy atom. The molecule has 2 aromatic carbocycles. The number of carboxylic acid groups (broad SMARTS) is 1. The number of carbonyl (C=O) groups excluding carboxylic acids is 1. The van der Waals surface area contributed by atoms with Gasteiger partial charge in [0.05, 0.1) is 6.54 Å². The third-order valence-electron chi connectivity index (χ3n) is 6.80. The Labute approximate surface area is 229 Å². The maximum Gasteiger partial charge on any atom is 0.333 e. The molecule has 1 aliphatic carbocycles. The maximum atomic E-state index is 13.1. The number of halogens is 2. The molecule has 0 radical (unpaired) electrons. The number of urea groups is 1. The van der Waals surface area contributed by atoms with Crippen LogP contribution in [0.1, 0.15) is 62.6 Å². The van der Waals surface area contributed by atoms with Crippen molar-refractivity contribution in [1.82, 2.24) is 4.90 Å². The lowest BCUT2D eigenvalue weighted by atomic mass is 10.1. The van der Waals surface area contributed by atoms with E-state index in [1.807, 2.05) is 12.1 Å². The molecule has 0 bridgehead atoms. The summed E-state index contributed by atoms with van der Waals surface area (Å²) in [4.78, 5) is 26.1. The first-order valence-corrected chi connectivity index (χ1v) is 13.8. The Balaban J connectivity index is 1.54. The molecule has 0 saturated heterocycles. The van der Waals surface area contributed by atoms with Gasteiger partial charge >= 0.3 is 12.0 Å². The zero-order valence-corrected chi connectivity index (χ0v) is 22.9. The monoisotopic (exact) mass is 546 g/mol. The summed E-state index contributed by atoms with van der Waals surface area (Å²) in [6, 6.07) is 12.9. The van der Waals surface area contributed by atoms with Crippen LogP contribution in [0, 0.1) is 0 Å². The first kappa shape index (κ1) is 30.3. The second-order valence-electron chi connectivity index (χ2n) is 10.1. The number of amides is 2. The average Bonchev–Trinajstić information content (AvgIpc) is 3.35. The number of aliphatic carboxylic acids is 1. The van der Waals surface area contributed by atoms with E-state index >= 15 is 0 Å². The van der Waals surface area contributed by atoms with Gasteiger partial charge in [-0.2, -0.15) is 0 Å². The highest BCUT2D eigenvalue weighted by atomic mass is 19.3. The molecule has 0 aromatic heterocycles. The summed E-state index contributed by atoms with van der Waals surface area (Å²) in [5.41, 5.74) is 4.16. The van der Waals surface area contributed by atoms with Crippen LogP contribution in [0.2, 0.25) is 0 Å². The van der Waals surface area contributed by atoms with Crippen molar-refractivity contribution < 1.29 is 33.0 Å². The quantitative estimate of drug-likeness (QED) is 0.240. The second kappa shape index (κ2) is 14.8. The van der Waals surface area contributed by atoms with E-state index in [4.69, 9.17) is 9.47 Å². The normalized spacial score (nSPS) is 13.5. The minimum absolute atomic E-state index is 0.161. The molecular weight excluding hydrogens is 506 g/mol. The van der Waals surface area contributed by atoms with Crippen molar-refractivity contribution in [2.45, 2.75) is 77.2 Å². The number of alkyl halides is 2. The summed E-state index contributed by atoms with van der Waals surface area (Å²) in [5, 5.41) is 12.3. The molecule has 3 rings (SSSR count). The zero-order chi connectivity index (χ0) is 28.3. The predicted molar refractivity (Wildman–Crippen MR) is 147 cm³/mol. The molecule has 39 heavy (non-hydrogen) atoms. The van der Waals surface area contributed by atoms with Crippen LogP contribution in [0.4, 0.5) is 19.3 Å². The van der Waals surface area contributed by atoms with Crippen molar-refractivity contribution >= 4 is 17.7 Å². The average molecular weight is 547 g/mol. The molecule has 7 nitrogen and oxygen atoms in total. The smallest absolute Gasteiger partial charge is 0.333 e. The number of carbonyl (C=O) groups is 2. The van der Waals surface area contributed by atoms with E-state index in [-0.39, 0.29) is 25.5 Å². The third kappa shape index (κ3) is 10.5. The van der Waals surface area contributed by atoms with Gasteiger partial charge in [-0.3, -0.25) is 0 Å². The lowest BCUT2D eigenvalue weighted by molar-refractivity contribution is -0.149. The fourth-order valence-corrected chi connectivity index (χ4v) is 4.71. The van der Waals surface area contributed by atoms with Gasteiger partial charge in [0, 0.05) is 31.7 Å². The number of anilines is 1. The number of carboxylic acids is 1. The summed E-state index contributed by atoms with van der Waals surface area (Å²) >= 11 is 0. The lowest BCUT2D eigenvalue weighted by Gasteiger charge is -2.24. The van der Waals surface area contributed by atoms with Crippen LogP contribution >= 0.6 is 0 Å². The molecular formula is C30H40F2N2O5. The highest BCUT2D eigenvalue weighted by molar-refractivity contribution is 5.89. The van der Waals surface area contributed by atoms with Gasteiger partial charge < -0.3 is 24.8 Å². The first-order chi connectivity index (χ1) is 18.6. The van der Waals surface area contributed by atoms with Gasteiger partial charge in [0.2, 0.25) is 5.92 Å².